The van der Waals surface area contributed by atoms with Crippen LogP contribution < -0.4 is 11.1 Å². The Morgan fingerprint density at radius 1 is 1.47 bits per heavy atom. The third-order valence-corrected chi connectivity index (χ3v) is 5.31. The third-order valence-electron chi connectivity index (χ3n) is 3.79. The van der Waals surface area contributed by atoms with Crippen LogP contribution in [0.15, 0.2) is 0 Å². The summed E-state index contributed by atoms with van der Waals surface area (Å²) in [5.41, 5.74) is 5.26. The zero-order chi connectivity index (χ0) is 12.3. The van der Waals surface area contributed by atoms with Gasteiger partial charge in [-0.25, -0.2) is 0 Å². The average molecular weight is 256 g/mol. The fourth-order valence-electron chi connectivity index (χ4n) is 2.70. The Labute approximate surface area is 108 Å². The number of nitrogens with two attached hydrogens (primary N) is 1. The Kier molecular flexibility index (Phi) is 4.36. The van der Waals surface area contributed by atoms with Crippen molar-refractivity contribution in [2.45, 2.75) is 68.7 Å². The van der Waals surface area contributed by atoms with Crippen molar-refractivity contribution >= 4 is 17.7 Å². The van der Waals surface area contributed by atoms with E-state index in [9.17, 15) is 4.79 Å². The van der Waals surface area contributed by atoms with Crippen molar-refractivity contribution in [3.05, 3.63) is 0 Å². The standard InChI is InChI=1S/C13H24N2OS/c1-2-8-17-11-4-3-7-13(9-11,12(14)16)15-10-5-6-10/h10-11,15H,2-9H2,1H3,(H2,14,16). The molecule has 2 fully saturated rings. The van der Waals surface area contributed by atoms with E-state index in [-0.39, 0.29) is 5.91 Å². The minimum atomic E-state index is -0.398. The molecule has 2 atom stereocenters. The van der Waals surface area contributed by atoms with Gasteiger partial charge in [-0.1, -0.05) is 6.92 Å². The van der Waals surface area contributed by atoms with Gasteiger partial charge in [-0.05, 0) is 50.7 Å². The van der Waals surface area contributed by atoms with E-state index >= 15 is 0 Å². The number of primary amides is 1. The van der Waals surface area contributed by atoms with Crippen molar-refractivity contribution in [3.63, 3.8) is 0 Å². The number of hydrogen-bond acceptors (Lipinski definition) is 3. The molecule has 98 valence electrons. The Hall–Kier alpha value is -0.220. The highest BCUT2D eigenvalue weighted by Crippen LogP contribution is 2.37. The number of carbonyl (C=O) groups excluding carboxylic acids is 1. The molecule has 3 N–H and O–H groups in total. The van der Waals surface area contributed by atoms with E-state index in [4.69, 9.17) is 5.73 Å². The van der Waals surface area contributed by atoms with Gasteiger partial charge in [0.15, 0.2) is 0 Å². The van der Waals surface area contributed by atoms with Crippen LogP contribution >= 0.6 is 11.8 Å². The quantitative estimate of drug-likeness (QED) is 0.765. The summed E-state index contributed by atoms with van der Waals surface area (Å²) in [6, 6.07) is 0.553. The predicted molar refractivity (Wildman–Crippen MR) is 73.1 cm³/mol. The lowest BCUT2D eigenvalue weighted by molar-refractivity contribution is -0.125. The zero-order valence-electron chi connectivity index (χ0n) is 10.7. The highest BCUT2D eigenvalue weighted by atomic mass is 32.2. The van der Waals surface area contributed by atoms with Crippen molar-refractivity contribution < 1.29 is 4.79 Å². The van der Waals surface area contributed by atoms with Crippen molar-refractivity contribution in [3.8, 4) is 0 Å². The summed E-state index contributed by atoms with van der Waals surface area (Å²) >= 11 is 2.02. The van der Waals surface area contributed by atoms with E-state index in [0.29, 0.717) is 11.3 Å². The molecule has 0 saturated heterocycles. The molecule has 0 aromatic heterocycles. The summed E-state index contributed by atoms with van der Waals surface area (Å²) in [6.07, 6.45) is 7.87. The lowest BCUT2D eigenvalue weighted by Gasteiger charge is -2.39. The molecule has 0 heterocycles. The van der Waals surface area contributed by atoms with Crippen LogP contribution in [0.5, 0.6) is 0 Å². The van der Waals surface area contributed by atoms with Gasteiger partial charge in [0.1, 0.15) is 0 Å². The Morgan fingerprint density at radius 3 is 2.82 bits per heavy atom. The van der Waals surface area contributed by atoms with Crippen LogP contribution in [-0.2, 0) is 4.79 Å². The van der Waals surface area contributed by atoms with Crippen LogP contribution in [0.4, 0.5) is 0 Å². The van der Waals surface area contributed by atoms with Crippen molar-refractivity contribution in [1.82, 2.24) is 5.32 Å². The second-order valence-electron chi connectivity index (χ2n) is 5.45. The van der Waals surface area contributed by atoms with Gasteiger partial charge >= 0.3 is 0 Å². The number of amides is 1. The van der Waals surface area contributed by atoms with Crippen LogP contribution in [0.2, 0.25) is 0 Å². The summed E-state index contributed by atoms with van der Waals surface area (Å²) in [7, 11) is 0. The van der Waals surface area contributed by atoms with E-state index in [1.807, 2.05) is 11.8 Å². The highest BCUT2D eigenvalue weighted by Gasteiger charge is 2.44. The first-order valence-electron chi connectivity index (χ1n) is 6.85. The van der Waals surface area contributed by atoms with E-state index in [0.717, 1.165) is 19.3 Å². The molecular formula is C13H24N2OS. The molecule has 2 aliphatic carbocycles. The van der Waals surface area contributed by atoms with Gasteiger partial charge in [-0.2, -0.15) is 11.8 Å². The predicted octanol–water partition coefficient (Wildman–Crippen LogP) is 2.05. The number of nitrogens with one attached hydrogen (secondary N) is 1. The van der Waals surface area contributed by atoms with Gasteiger partial charge < -0.3 is 11.1 Å². The van der Waals surface area contributed by atoms with E-state index < -0.39 is 5.54 Å². The minimum absolute atomic E-state index is 0.133. The van der Waals surface area contributed by atoms with Crippen molar-refractivity contribution in [2.75, 3.05) is 5.75 Å². The van der Waals surface area contributed by atoms with Gasteiger partial charge in [0.05, 0.1) is 5.54 Å². The summed E-state index contributed by atoms with van der Waals surface area (Å²) in [6.45, 7) is 2.21. The van der Waals surface area contributed by atoms with Crippen LogP contribution in [0.1, 0.15) is 51.9 Å². The van der Waals surface area contributed by atoms with Crippen LogP contribution in [0, 0.1) is 0 Å². The maximum atomic E-state index is 11.8. The van der Waals surface area contributed by atoms with Gasteiger partial charge in [-0.3, -0.25) is 4.79 Å². The maximum Gasteiger partial charge on any atom is 0.237 e. The number of carbonyl (C=O) groups is 1. The molecular weight excluding hydrogens is 232 g/mol. The lowest BCUT2D eigenvalue weighted by Crippen LogP contribution is -2.59. The molecule has 2 rings (SSSR count). The summed E-state index contributed by atoms with van der Waals surface area (Å²) < 4.78 is 0. The van der Waals surface area contributed by atoms with Crippen molar-refractivity contribution in [1.29, 1.82) is 0 Å². The van der Waals surface area contributed by atoms with Gasteiger partial charge in [0.2, 0.25) is 5.91 Å². The summed E-state index contributed by atoms with van der Waals surface area (Å²) in [5.74, 6) is 1.06. The molecule has 1 amide bonds. The average Bonchev–Trinajstić information content (AvgIpc) is 3.10. The molecule has 0 spiro atoms. The molecule has 17 heavy (non-hydrogen) atoms. The van der Waals surface area contributed by atoms with E-state index in [2.05, 4.69) is 12.2 Å². The Balaban J connectivity index is 1.96. The normalized spacial score (nSPS) is 33.6. The topological polar surface area (TPSA) is 55.1 Å². The Bertz CT molecular complexity index is 281. The number of hydrogen-bond donors (Lipinski definition) is 2. The number of thioether (sulfide) groups is 1. The van der Waals surface area contributed by atoms with E-state index in [1.165, 1.54) is 31.4 Å². The highest BCUT2D eigenvalue weighted by molar-refractivity contribution is 7.99. The van der Waals surface area contributed by atoms with Gasteiger partial charge in [0.25, 0.3) is 0 Å². The first-order valence-corrected chi connectivity index (χ1v) is 7.90. The summed E-state index contributed by atoms with van der Waals surface area (Å²) in [5, 5.41) is 4.14. The van der Waals surface area contributed by atoms with Gasteiger partial charge in [-0.15, -0.1) is 0 Å². The van der Waals surface area contributed by atoms with Crippen LogP contribution in [0.3, 0.4) is 0 Å². The molecule has 4 heteroatoms. The molecule has 0 aromatic rings. The fourth-order valence-corrected chi connectivity index (χ4v) is 4.00. The molecule has 2 saturated carbocycles. The molecule has 2 unspecified atom stereocenters. The largest absolute Gasteiger partial charge is 0.368 e. The second-order valence-corrected chi connectivity index (χ2v) is 6.86. The first-order chi connectivity index (χ1) is 8.16. The molecule has 0 radical (unpaired) electrons. The molecule has 0 bridgehead atoms. The fraction of sp³-hybridized carbons (Fsp3) is 0.923. The molecule has 3 nitrogen and oxygen atoms in total. The van der Waals surface area contributed by atoms with E-state index in [1.54, 1.807) is 0 Å². The first kappa shape index (κ1) is 13.2. The second kappa shape index (κ2) is 5.61. The van der Waals surface area contributed by atoms with Gasteiger partial charge in [0, 0.05) is 11.3 Å². The number of rotatable bonds is 6. The SMILES string of the molecule is CCCSC1CCCC(NC2CC2)(C(N)=O)C1. The monoisotopic (exact) mass is 256 g/mol. The summed E-state index contributed by atoms with van der Waals surface area (Å²) in [4.78, 5) is 11.8. The molecule has 2 aliphatic rings. The third kappa shape index (κ3) is 3.38. The minimum Gasteiger partial charge on any atom is -0.368 e. The van der Waals surface area contributed by atoms with Crippen LogP contribution in [-0.4, -0.2) is 28.5 Å². The molecule has 0 aliphatic heterocycles. The lowest BCUT2D eigenvalue weighted by atomic mass is 9.80. The Morgan fingerprint density at radius 2 is 2.24 bits per heavy atom. The maximum absolute atomic E-state index is 11.8. The van der Waals surface area contributed by atoms with Crippen LogP contribution in [0.25, 0.3) is 0 Å². The zero-order valence-corrected chi connectivity index (χ0v) is 11.5. The molecule has 0 aromatic carbocycles. The van der Waals surface area contributed by atoms with Crippen molar-refractivity contribution in [2.24, 2.45) is 5.73 Å². The smallest absolute Gasteiger partial charge is 0.237 e.